The highest BCUT2D eigenvalue weighted by Gasteiger charge is 2.21. The molecule has 0 aliphatic carbocycles. The predicted molar refractivity (Wildman–Crippen MR) is 107 cm³/mol. The third-order valence-corrected chi connectivity index (χ3v) is 4.72. The molecule has 3 rings (SSSR count). The molecule has 136 valence electrons. The SMILES string of the molecule is COc1cc(OC)c(Cl)c(-c2cc3cnc(N)cc3c(N(C)C)n2)c1Cl. The molecule has 0 spiro atoms. The van der Waals surface area contributed by atoms with Crippen LogP contribution >= 0.6 is 23.2 Å². The zero-order chi connectivity index (χ0) is 19.0. The van der Waals surface area contributed by atoms with Gasteiger partial charge in [-0.2, -0.15) is 0 Å². The fourth-order valence-electron chi connectivity index (χ4n) is 2.72. The van der Waals surface area contributed by atoms with E-state index in [1.165, 1.54) is 14.2 Å². The molecule has 0 radical (unpaired) electrons. The Kier molecular flexibility index (Phi) is 4.98. The van der Waals surface area contributed by atoms with Crippen LogP contribution in [-0.2, 0) is 0 Å². The van der Waals surface area contributed by atoms with Crippen LogP contribution in [0.1, 0.15) is 0 Å². The van der Waals surface area contributed by atoms with Gasteiger partial charge in [-0.25, -0.2) is 9.97 Å². The van der Waals surface area contributed by atoms with E-state index in [-0.39, 0.29) is 0 Å². The van der Waals surface area contributed by atoms with Gasteiger partial charge in [0.1, 0.15) is 23.1 Å². The van der Waals surface area contributed by atoms with E-state index in [0.29, 0.717) is 38.6 Å². The molecule has 0 bridgehead atoms. The zero-order valence-electron chi connectivity index (χ0n) is 14.8. The normalized spacial score (nSPS) is 10.8. The molecule has 2 aromatic heterocycles. The van der Waals surface area contributed by atoms with Gasteiger partial charge in [0, 0.05) is 42.7 Å². The summed E-state index contributed by atoms with van der Waals surface area (Å²) >= 11 is 13.1. The molecule has 0 saturated heterocycles. The summed E-state index contributed by atoms with van der Waals surface area (Å²) in [6.45, 7) is 0. The minimum atomic E-state index is 0.360. The summed E-state index contributed by atoms with van der Waals surface area (Å²) < 4.78 is 10.7. The Morgan fingerprint density at radius 3 is 2.15 bits per heavy atom. The molecule has 0 aliphatic heterocycles. The highest BCUT2D eigenvalue weighted by atomic mass is 35.5. The number of pyridine rings is 2. The van der Waals surface area contributed by atoms with Crippen LogP contribution in [0.3, 0.4) is 0 Å². The standard InChI is InChI=1S/C18H18Cl2N4O2/c1-24(2)18-10-6-14(21)22-8-9(10)5-11(23-18)15-16(19)12(25-3)7-13(26-4)17(15)20/h5-8H,1-4H3,(H2,21,22). The number of rotatable bonds is 4. The molecule has 0 saturated carbocycles. The van der Waals surface area contributed by atoms with Crippen LogP contribution in [0.2, 0.25) is 10.0 Å². The number of ether oxygens (including phenoxy) is 2. The highest BCUT2D eigenvalue weighted by Crippen LogP contribution is 2.46. The first-order chi connectivity index (χ1) is 12.4. The average molecular weight is 393 g/mol. The summed E-state index contributed by atoms with van der Waals surface area (Å²) in [5.74, 6) is 2.05. The van der Waals surface area contributed by atoms with E-state index in [2.05, 4.69) is 4.98 Å². The Morgan fingerprint density at radius 1 is 1.00 bits per heavy atom. The first kappa shape index (κ1) is 18.4. The Balaban J connectivity index is 2.38. The van der Waals surface area contributed by atoms with Gasteiger partial charge in [0.15, 0.2) is 0 Å². The highest BCUT2D eigenvalue weighted by molar-refractivity contribution is 6.41. The van der Waals surface area contributed by atoms with Gasteiger partial charge in [-0.15, -0.1) is 0 Å². The largest absolute Gasteiger partial charge is 0.495 e. The van der Waals surface area contributed by atoms with Crippen molar-refractivity contribution in [2.75, 3.05) is 38.9 Å². The molecule has 2 heterocycles. The lowest BCUT2D eigenvalue weighted by Gasteiger charge is -2.18. The van der Waals surface area contributed by atoms with Crippen LogP contribution in [0.15, 0.2) is 24.4 Å². The summed E-state index contributed by atoms with van der Waals surface area (Å²) in [5, 5.41) is 2.46. The van der Waals surface area contributed by atoms with E-state index in [4.69, 9.17) is 43.4 Å². The number of fused-ring (bicyclic) bond motifs is 1. The Labute approximate surface area is 161 Å². The third-order valence-electron chi connectivity index (χ3n) is 3.97. The first-order valence-corrected chi connectivity index (χ1v) is 8.47. The molecular formula is C18H18Cl2N4O2. The number of nitrogens with zero attached hydrogens (tertiary/aromatic N) is 3. The number of hydrogen-bond donors (Lipinski definition) is 1. The Morgan fingerprint density at radius 2 is 1.62 bits per heavy atom. The zero-order valence-corrected chi connectivity index (χ0v) is 16.3. The van der Waals surface area contributed by atoms with Crippen molar-refractivity contribution in [3.05, 3.63) is 34.4 Å². The van der Waals surface area contributed by atoms with Crippen LogP contribution < -0.4 is 20.1 Å². The van der Waals surface area contributed by atoms with Crippen molar-refractivity contribution in [2.24, 2.45) is 0 Å². The van der Waals surface area contributed by atoms with E-state index in [0.717, 1.165) is 16.6 Å². The lowest BCUT2D eigenvalue weighted by Crippen LogP contribution is -2.12. The van der Waals surface area contributed by atoms with Gasteiger partial charge in [0.25, 0.3) is 0 Å². The monoisotopic (exact) mass is 392 g/mol. The van der Waals surface area contributed by atoms with Crippen molar-refractivity contribution in [3.63, 3.8) is 0 Å². The molecule has 0 aliphatic rings. The second-order valence-corrected chi connectivity index (χ2v) is 6.60. The Bertz CT molecular complexity index is 965. The van der Waals surface area contributed by atoms with Crippen molar-refractivity contribution in [1.82, 2.24) is 9.97 Å². The molecule has 0 unspecified atom stereocenters. The van der Waals surface area contributed by atoms with Gasteiger partial charge in [-0.1, -0.05) is 23.2 Å². The number of methoxy groups -OCH3 is 2. The van der Waals surface area contributed by atoms with Crippen molar-refractivity contribution in [3.8, 4) is 22.8 Å². The summed E-state index contributed by atoms with van der Waals surface area (Å²) in [6.07, 6.45) is 1.70. The van der Waals surface area contributed by atoms with Crippen molar-refractivity contribution < 1.29 is 9.47 Å². The van der Waals surface area contributed by atoms with Crippen molar-refractivity contribution in [2.45, 2.75) is 0 Å². The van der Waals surface area contributed by atoms with Gasteiger partial charge in [0.05, 0.1) is 30.0 Å². The molecule has 6 nitrogen and oxygen atoms in total. The number of hydrogen-bond acceptors (Lipinski definition) is 6. The van der Waals surface area contributed by atoms with E-state index >= 15 is 0 Å². The van der Waals surface area contributed by atoms with Gasteiger partial charge in [-0.05, 0) is 12.1 Å². The van der Waals surface area contributed by atoms with Gasteiger partial charge in [0.2, 0.25) is 0 Å². The summed E-state index contributed by atoms with van der Waals surface area (Å²) in [5.41, 5.74) is 6.95. The second-order valence-electron chi connectivity index (χ2n) is 5.84. The fourth-order valence-corrected chi connectivity index (χ4v) is 3.42. The number of aromatic nitrogens is 2. The molecule has 26 heavy (non-hydrogen) atoms. The maximum Gasteiger partial charge on any atom is 0.141 e. The predicted octanol–water partition coefficient (Wildman–Crippen LogP) is 4.27. The minimum absolute atomic E-state index is 0.360. The maximum absolute atomic E-state index is 6.53. The average Bonchev–Trinajstić information content (AvgIpc) is 2.61. The van der Waals surface area contributed by atoms with Crippen molar-refractivity contribution in [1.29, 1.82) is 0 Å². The fraction of sp³-hybridized carbons (Fsp3) is 0.222. The van der Waals surface area contributed by atoms with E-state index in [1.807, 2.05) is 25.1 Å². The summed E-state index contributed by atoms with van der Waals surface area (Å²) in [4.78, 5) is 10.8. The van der Waals surface area contributed by atoms with Crippen LogP contribution in [-0.4, -0.2) is 38.3 Å². The molecule has 1 aromatic carbocycles. The number of anilines is 2. The molecule has 0 atom stereocenters. The number of halogens is 2. The molecule has 3 aromatic rings. The third kappa shape index (κ3) is 3.06. The quantitative estimate of drug-likeness (QED) is 0.714. The van der Waals surface area contributed by atoms with Gasteiger partial charge in [-0.3, -0.25) is 0 Å². The second kappa shape index (κ2) is 7.05. The summed E-state index contributed by atoms with van der Waals surface area (Å²) in [7, 11) is 6.86. The van der Waals surface area contributed by atoms with Crippen molar-refractivity contribution >= 4 is 45.6 Å². The van der Waals surface area contributed by atoms with Crippen LogP contribution in [0, 0.1) is 0 Å². The molecule has 0 fully saturated rings. The molecule has 0 amide bonds. The minimum Gasteiger partial charge on any atom is -0.495 e. The Hall–Kier alpha value is -2.44. The summed E-state index contributed by atoms with van der Waals surface area (Å²) in [6, 6.07) is 5.29. The molecular weight excluding hydrogens is 375 g/mol. The van der Waals surface area contributed by atoms with Gasteiger partial charge >= 0.3 is 0 Å². The van der Waals surface area contributed by atoms with Crippen LogP contribution in [0.4, 0.5) is 11.6 Å². The maximum atomic E-state index is 6.53. The number of nitrogens with two attached hydrogens (primary N) is 1. The number of benzene rings is 1. The van der Waals surface area contributed by atoms with Gasteiger partial charge < -0.3 is 20.1 Å². The molecule has 8 heteroatoms. The lowest BCUT2D eigenvalue weighted by molar-refractivity contribution is 0.395. The topological polar surface area (TPSA) is 73.5 Å². The van der Waals surface area contributed by atoms with Crippen LogP contribution in [0.5, 0.6) is 11.5 Å². The first-order valence-electron chi connectivity index (χ1n) is 7.71. The lowest BCUT2D eigenvalue weighted by atomic mass is 10.1. The van der Waals surface area contributed by atoms with Crippen LogP contribution in [0.25, 0.3) is 22.0 Å². The van der Waals surface area contributed by atoms with E-state index in [1.54, 1.807) is 18.3 Å². The molecule has 2 N–H and O–H groups in total. The van der Waals surface area contributed by atoms with E-state index < -0.39 is 0 Å². The smallest absolute Gasteiger partial charge is 0.141 e. The van der Waals surface area contributed by atoms with E-state index in [9.17, 15) is 0 Å². The number of nitrogen functional groups attached to an aromatic ring is 1.